The highest BCUT2D eigenvalue weighted by atomic mass is 35.5. The van der Waals surface area contributed by atoms with E-state index in [1.165, 1.54) is 18.2 Å². The molecule has 2 atom stereocenters. The van der Waals surface area contributed by atoms with E-state index in [2.05, 4.69) is 86.4 Å². The monoisotopic (exact) mass is 612 g/mol. The number of esters is 1. The van der Waals surface area contributed by atoms with Crippen molar-refractivity contribution in [2.75, 3.05) is 17.3 Å². The van der Waals surface area contributed by atoms with Gasteiger partial charge in [0, 0.05) is 33.5 Å². The summed E-state index contributed by atoms with van der Waals surface area (Å²) in [6, 6.07) is 32.3. The Balaban J connectivity index is 1.76. The third-order valence-corrected chi connectivity index (χ3v) is 8.69. The largest absolute Gasteiger partial charge is 0.466 e. The Kier molecular flexibility index (Phi) is 9.49. The first-order valence-electron chi connectivity index (χ1n) is 14.7. The van der Waals surface area contributed by atoms with Gasteiger partial charge < -0.3 is 15.0 Å². The van der Waals surface area contributed by atoms with Crippen molar-refractivity contribution in [3.63, 3.8) is 0 Å². The van der Waals surface area contributed by atoms with Gasteiger partial charge in [-0.3, -0.25) is 0 Å². The highest BCUT2D eigenvalue weighted by molar-refractivity contribution is 6.30. The summed E-state index contributed by atoms with van der Waals surface area (Å²) in [5.74, 6) is 0.438. The minimum Gasteiger partial charge on any atom is -0.466 e. The molecule has 4 nitrogen and oxygen atoms in total. The molecular formula is C37H38Cl2N2O2. The van der Waals surface area contributed by atoms with E-state index in [-0.39, 0.29) is 12.0 Å². The number of benzene rings is 4. The van der Waals surface area contributed by atoms with Gasteiger partial charge in [-0.2, -0.15) is 0 Å². The van der Waals surface area contributed by atoms with E-state index in [1.807, 2.05) is 48.5 Å². The van der Waals surface area contributed by atoms with E-state index in [4.69, 9.17) is 27.9 Å². The van der Waals surface area contributed by atoms with Crippen LogP contribution in [0.15, 0.2) is 108 Å². The lowest BCUT2D eigenvalue weighted by molar-refractivity contribution is -0.136. The quantitative estimate of drug-likeness (QED) is 0.201. The predicted octanol–water partition coefficient (Wildman–Crippen LogP) is 10.5. The van der Waals surface area contributed by atoms with Crippen LogP contribution in [-0.4, -0.2) is 13.1 Å². The lowest BCUT2D eigenvalue weighted by atomic mass is 9.83. The molecule has 0 bridgehead atoms. The van der Waals surface area contributed by atoms with Crippen LogP contribution in [0.4, 0.5) is 11.4 Å². The first kappa shape index (κ1) is 30.7. The van der Waals surface area contributed by atoms with E-state index < -0.39 is 6.04 Å². The Morgan fingerprint density at radius 2 is 1.23 bits per heavy atom. The summed E-state index contributed by atoms with van der Waals surface area (Å²) in [5.41, 5.74) is 7.87. The predicted molar refractivity (Wildman–Crippen MR) is 179 cm³/mol. The van der Waals surface area contributed by atoms with Crippen LogP contribution in [0.25, 0.3) is 0 Å². The molecule has 0 spiro atoms. The summed E-state index contributed by atoms with van der Waals surface area (Å²) < 4.78 is 5.47. The fraction of sp³-hybridized carbons (Fsp3) is 0.270. The van der Waals surface area contributed by atoms with Gasteiger partial charge in [-0.25, -0.2) is 4.79 Å². The van der Waals surface area contributed by atoms with Crippen LogP contribution in [0.1, 0.15) is 80.3 Å². The van der Waals surface area contributed by atoms with Crippen LogP contribution in [0.2, 0.25) is 10.0 Å². The van der Waals surface area contributed by atoms with E-state index in [9.17, 15) is 4.79 Å². The van der Waals surface area contributed by atoms with Gasteiger partial charge in [0.2, 0.25) is 0 Å². The van der Waals surface area contributed by atoms with Crippen molar-refractivity contribution < 1.29 is 9.53 Å². The summed E-state index contributed by atoms with van der Waals surface area (Å²) in [6.07, 6.45) is 0.553. The van der Waals surface area contributed by atoms with Crippen molar-refractivity contribution in [3.05, 3.63) is 141 Å². The summed E-state index contributed by atoms with van der Waals surface area (Å²) in [6.45, 7) is 8.76. The molecule has 4 aromatic carbocycles. The summed E-state index contributed by atoms with van der Waals surface area (Å²) in [7, 11) is 1.44. The molecule has 1 N–H and O–H groups in total. The molecule has 0 fully saturated rings. The van der Waals surface area contributed by atoms with Crippen molar-refractivity contribution in [3.8, 4) is 0 Å². The van der Waals surface area contributed by atoms with E-state index in [1.54, 1.807) is 0 Å². The van der Waals surface area contributed by atoms with Gasteiger partial charge >= 0.3 is 5.97 Å². The zero-order valence-corrected chi connectivity index (χ0v) is 26.8. The average Bonchev–Trinajstić information content (AvgIpc) is 3.01. The van der Waals surface area contributed by atoms with Crippen molar-refractivity contribution in [1.29, 1.82) is 0 Å². The van der Waals surface area contributed by atoms with Gasteiger partial charge in [0.15, 0.2) is 0 Å². The second-order valence-electron chi connectivity index (χ2n) is 11.7. The number of hydrogen-bond acceptors (Lipinski definition) is 4. The van der Waals surface area contributed by atoms with Crippen molar-refractivity contribution in [1.82, 2.24) is 0 Å². The molecule has 0 radical (unpaired) electrons. The fourth-order valence-electron chi connectivity index (χ4n) is 5.77. The number of methoxy groups -OCH3 is 1. The second kappa shape index (κ2) is 13.3. The Morgan fingerprint density at radius 3 is 1.72 bits per heavy atom. The SMILES string of the molecule is COC(=O)C1=C(Nc2ccc(Cl)cc2)CC(c2ccc(C(C)C)cc2)N(c2ccc(Cl)cc2)C1c1ccc(C(C)C)cc1. The molecule has 0 saturated carbocycles. The number of nitrogens with zero attached hydrogens (tertiary/aromatic N) is 1. The minimum atomic E-state index is -0.437. The number of hydrogen-bond donors (Lipinski definition) is 1. The normalized spacial score (nSPS) is 17.0. The van der Waals surface area contributed by atoms with Gasteiger partial charge in [0.05, 0.1) is 24.8 Å². The van der Waals surface area contributed by atoms with Crippen molar-refractivity contribution >= 4 is 40.5 Å². The second-order valence-corrected chi connectivity index (χ2v) is 12.5. The summed E-state index contributed by atoms with van der Waals surface area (Å²) in [4.78, 5) is 16.1. The molecule has 5 rings (SSSR count). The number of ether oxygens (including phenoxy) is 1. The lowest BCUT2D eigenvalue weighted by Crippen LogP contribution is -2.41. The van der Waals surface area contributed by atoms with Gasteiger partial charge in [-0.05, 0) is 82.6 Å². The number of nitrogens with one attached hydrogen (secondary N) is 1. The van der Waals surface area contributed by atoms with Crippen LogP contribution in [-0.2, 0) is 9.53 Å². The Bertz CT molecular complexity index is 1580. The van der Waals surface area contributed by atoms with Crippen LogP contribution in [0.3, 0.4) is 0 Å². The van der Waals surface area contributed by atoms with E-state index in [0.717, 1.165) is 28.2 Å². The molecule has 43 heavy (non-hydrogen) atoms. The number of anilines is 2. The number of halogens is 2. The van der Waals surface area contributed by atoms with Crippen LogP contribution in [0.5, 0.6) is 0 Å². The van der Waals surface area contributed by atoms with E-state index in [0.29, 0.717) is 33.9 Å². The molecule has 0 aromatic heterocycles. The van der Waals surface area contributed by atoms with Crippen molar-refractivity contribution in [2.45, 2.75) is 58.0 Å². The van der Waals surface area contributed by atoms with E-state index >= 15 is 0 Å². The summed E-state index contributed by atoms with van der Waals surface area (Å²) in [5, 5.41) is 4.89. The van der Waals surface area contributed by atoms with Crippen molar-refractivity contribution in [2.24, 2.45) is 0 Å². The van der Waals surface area contributed by atoms with Gasteiger partial charge in [0.25, 0.3) is 0 Å². The molecular weight excluding hydrogens is 575 g/mol. The number of carbonyl (C=O) groups excluding carboxylic acids is 1. The summed E-state index contributed by atoms with van der Waals surface area (Å²) >= 11 is 12.6. The van der Waals surface area contributed by atoms with Gasteiger partial charge in [-0.1, -0.05) is 99.4 Å². The number of rotatable bonds is 8. The first-order chi connectivity index (χ1) is 20.7. The highest BCUT2D eigenvalue weighted by Gasteiger charge is 2.41. The molecule has 2 unspecified atom stereocenters. The molecule has 6 heteroatoms. The van der Waals surface area contributed by atoms with Crippen LogP contribution in [0, 0.1) is 0 Å². The lowest BCUT2D eigenvalue weighted by Gasteiger charge is -2.46. The molecule has 1 aliphatic rings. The third-order valence-electron chi connectivity index (χ3n) is 8.19. The molecule has 1 heterocycles. The molecule has 222 valence electrons. The first-order valence-corrected chi connectivity index (χ1v) is 15.5. The highest BCUT2D eigenvalue weighted by Crippen LogP contribution is 2.48. The molecule has 1 aliphatic heterocycles. The number of carbonyl (C=O) groups is 1. The zero-order chi connectivity index (χ0) is 30.7. The standard InChI is InChI=1S/C37H38Cl2N2O2/c1-23(2)25-6-10-27(11-7-25)34-22-33(40-31-18-14-29(38)15-19-31)35(37(42)43-5)36(28-12-8-26(9-13-28)24(3)4)41(34)32-20-16-30(39)17-21-32/h6-21,23-24,34,36,40H,22H2,1-5H3. The smallest absolute Gasteiger partial charge is 0.337 e. The topological polar surface area (TPSA) is 41.6 Å². The van der Waals surface area contributed by atoms with Crippen LogP contribution >= 0.6 is 23.2 Å². The molecule has 0 amide bonds. The van der Waals surface area contributed by atoms with Crippen LogP contribution < -0.4 is 10.2 Å². The van der Waals surface area contributed by atoms with Gasteiger partial charge in [0.1, 0.15) is 0 Å². The Hall–Kier alpha value is -3.73. The molecule has 0 aliphatic carbocycles. The maximum atomic E-state index is 13.8. The average molecular weight is 614 g/mol. The van der Waals surface area contributed by atoms with Gasteiger partial charge in [-0.15, -0.1) is 0 Å². The maximum absolute atomic E-state index is 13.8. The molecule has 4 aromatic rings. The molecule has 0 saturated heterocycles. The Morgan fingerprint density at radius 1 is 0.744 bits per heavy atom. The Labute approximate surface area is 265 Å². The maximum Gasteiger partial charge on any atom is 0.337 e. The third kappa shape index (κ3) is 6.76. The minimum absolute atomic E-state index is 0.0969. The fourth-order valence-corrected chi connectivity index (χ4v) is 6.02. The zero-order valence-electron chi connectivity index (χ0n) is 25.3.